The molecule has 17 heavy (non-hydrogen) atoms. The monoisotopic (exact) mass is 240 g/mol. The van der Waals surface area contributed by atoms with Crippen molar-refractivity contribution in [2.75, 3.05) is 53.4 Å². The Morgan fingerprint density at radius 2 is 2.12 bits per heavy atom. The van der Waals surface area contributed by atoms with Crippen molar-refractivity contribution >= 4 is 5.96 Å². The van der Waals surface area contributed by atoms with Crippen molar-refractivity contribution in [3.8, 4) is 0 Å². The Morgan fingerprint density at radius 1 is 1.35 bits per heavy atom. The first kappa shape index (κ1) is 12.6. The van der Waals surface area contributed by atoms with E-state index in [-0.39, 0.29) is 6.10 Å². The number of ether oxygens (including phenoxy) is 1. The molecule has 0 amide bonds. The molecular weight excluding hydrogens is 216 g/mol. The van der Waals surface area contributed by atoms with E-state index in [0.29, 0.717) is 0 Å². The summed E-state index contributed by atoms with van der Waals surface area (Å²) in [6, 6.07) is 0. The van der Waals surface area contributed by atoms with Gasteiger partial charge in [-0.1, -0.05) is 0 Å². The molecule has 2 aliphatic rings. The van der Waals surface area contributed by atoms with E-state index in [1.165, 1.54) is 12.8 Å². The van der Waals surface area contributed by atoms with E-state index in [0.717, 1.165) is 45.3 Å². The van der Waals surface area contributed by atoms with Crippen molar-refractivity contribution < 1.29 is 4.74 Å². The molecule has 98 valence electrons. The van der Waals surface area contributed by atoms with Gasteiger partial charge in [0.25, 0.3) is 0 Å². The summed E-state index contributed by atoms with van der Waals surface area (Å²) in [5.41, 5.74) is 0. The first-order chi connectivity index (χ1) is 8.29. The van der Waals surface area contributed by atoms with Crippen molar-refractivity contribution in [1.29, 1.82) is 0 Å². The molecule has 1 N–H and O–H groups in total. The number of likely N-dealkylation sites (tertiary alicyclic amines) is 1. The fourth-order valence-electron chi connectivity index (χ4n) is 2.46. The largest absolute Gasteiger partial charge is 0.374 e. The zero-order valence-corrected chi connectivity index (χ0v) is 11.0. The number of nitrogens with one attached hydrogen (secondary N) is 1. The topological polar surface area (TPSA) is 40.1 Å². The van der Waals surface area contributed by atoms with Gasteiger partial charge in [-0.3, -0.25) is 4.99 Å². The van der Waals surface area contributed by atoms with Crippen molar-refractivity contribution in [2.24, 2.45) is 4.99 Å². The van der Waals surface area contributed by atoms with Crippen LogP contribution in [0.4, 0.5) is 0 Å². The first-order valence-corrected chi connectivity index (χ1v) is 6.55. The molecule has 0 aliphatic carbocycles. The van der Waals surface area contributed by atoms with Crippen LogP contribution >= 0.6 is 0 Å². The number of morpholine rings is 1. The van der Waals surface area contributed by atoms with Crippen LogP contribution in [-0.2, 0) is 4.74 Å². The third kappa shape index (κ3) is 3.57. The van der Waals surface area contributed by atoms with Crippen LogP contribution < -0.4 is 5.32 Å². The van der Waals surface area contributed by atoms with Crippen LogP contribution in [0.25, 0.3) is 0 Å². The third-order valence-corrected chi connectivity index (χ3v) is 3.45. The molecule has 1 atom stereocenters. The number of guanidine groups is 1. The molecular formula is C12H24N4O. The average molecular weight is 240 g/mol. The van der Waals surface area contributed by atoms with Gasteiger partial charge in [-0.2, -0.15) is 0 Å². The van der Waals surface area contributed by atoms with Crippen molar-refractivity contribution in [3.05, 3.63) is 0 Å². The van der Waals surface area contributed by atoms with Gasteiger partial charge in [-0.15, -0.1) is 0 Å². The molecule has 1 unspecified atom stereocenters. The highest BCUT2D eigenvalue weighted by Gasteiger charge is 2.20. The predicted molar refractivity (Wildman–Crippen MR) is 69.4 cm³/mol. The third-order valence-electron chi connectivity index (χ3n) is 3.45. The number of hydrogen-bond acceptors (Lipinski definition) is 3. The molecule has 2 heterocycles. The number of likely N-dealkylation sites (N-methyl/N-ethyl adjacent to an activating group) is 1. The van der Waals surface area contributed by atoms with Gasteiger partial charge in [-0.25, -0.2) is 0 Å². The summed E-state index contributed by atoms with van der Waals surface area (Å²) in [5.74, 6) is 1.03. The molecule has 5 heteroatoms. The quantitative estimate of drug-likeness (QED) is 0.544. The van der Waals surface area contributed by atoms with E-state index in [1.807, 2.05) is 7.05 Å². The Morgan fingerprint density at radius 3 is 2.76 bits per heavy atom. The second kappa shape index (κ2) is 6.21. The van der Waals surface area contributed by atoms with Gasteiger partial charge in [-0.05, 0) is 19.9 Å². The van der Waals surface area contributed by atoms with Gasteiger partial charge in [0.05, 0.1) is 12.7 Å². The lowest BCUT2D eigenvalue weighted by atomic mass is 10.3. The molecule has 2 aliphatic heterocycles. The molecule has 0 radical (unpaired) electrons. The number of rotatable bonds is 2. The van der Waals surface area contributed by atoms with Gasteiger partial charge in [0, 0.05) is 39.8 Å². The normalized spacial score (nSPS) is 27.5. The van der Waals surface area contributed by atoms with E-state index in [4.69, 9.17) is 4.74 Å². The second-order valence-corrected chi connectivity index (χ2v) is 4.88. The van der Waals surface area contributed by atoms with Crippen LogP contribution in [0, 0.1) is 0 Å². The standard InChI is InChI=1S/C12H24N4O/c1-13-12(16-5-3-4-6-16)14-9-11-10-15(2)7-8-17-11/h11H,3-10H2,1-2H3,(H,13,14). The minimum Gasteiger partial charge on any atom is -0.374 e. The Bertz CT molecular complexity index is 263. The summed E-state index contributed by atoms with van der Waals surface area (Å²) in [7, 11) is 4.00. The van der Waals surface area contributed by atoms with E-state index in [1.54, 1.807) is 0 Å². The number of hydrogen-bond donors (Lipinski definition) is 1. The molecule has 2 rings (SSSR count). The molecule has 0 spiro atoms. The van der Waals surface area contributed by atoms with Gasteiger partial charge < -0.3 is 19.9 Å². The molecule has 0 aromatic heterocycles. The maximum atomic E-state index is 5.73. The Kier molecular flexibility index (Phi) is 4.62. The number of nitrogens with zero attached hydrogens (tertiary/aromatic N) is 3. The molecule has 0 aromatic carbocycles. The lowest BCUT2D eigenvalue weighted by Gasteiger charge is -2.31. The van der Waals surface area contributed by atoms with Crippen molar-refractivity contribution in [3.63, 3.8) is 0 Å². The van der Waals surface area contributed by atoms with E-state index in [2.05, 4.69) is 27.2 Å². The van der Waals surface area contributed by atoms with Gasteiger partial charge in [0.1, 0.15) is 0 Å². The smallest absolute Gasteiger partial charge is 0.193 e. The molecule has 5 nitrogen and oxygen atoms in total. The van der Waals surface area contributed by atoms with Crippen LogP contribution in [0.5, 0.6) is 0 Å². The van der Waals surface area contributed by atoms with Gasteiger partial charge in [0.15, 0.2) is 5.96 Å². The maximum absolute atomic E-state index is 5.73. The second-order valence-electron chi connectivity index (χ2n) is 4.88. The van der Waals surface area contributed by atoms with Gasteiger partial charge in [0.2, 0.25) is 0 Å². The van der Waals surface area contributed by atoms with E-state index >= 15 is 0 Å². The van der Waals surface area contributed by atoms with Crippen molar-refractivity contribution in [1.82, 2.24) is 15.1 Å². The zero-order valence-electron chi connectivity index (χ0n) is 11.0. The first-order valence-electron chi connectivity index (χ1n) is 6.55. The molecule has 0 aromatic rings. The van der Waals surface area contributed by atoms with E-state index < -0.39 is 0 Å². The fourth-order valence-corrected chi connectivity index (χ4v) is 2.46. The van der Waals surface area contributed by atoms with Crippen LogP contribution in [0.1, 0.15) is 12.8 Å². The minimum atomic E-state index is 0.285. The molecule has 0 saturated carbocycles. The van der Waals surface area contributed by atoms with E-state index in [9.17, 15) is 0 Å². The fraction of sp³-hybridized carbons (Fsp3) is 0.917. The lowest BCUT2D eigenvalue weighted by molar-refractivity contribution is -0.0163. The SMILES string of the molecule is CN=C(NCC1CN(C)CCO1)N1CCCC1. The molecule has 0 bridgehead atoms. The molecule has 2 fully saturated rings. The highest BCUT2D eigenvalue weighted by Crippen LogP contribution is 2.07. The summed E-state index contributed by atoms with van der Waals surface area (Å²) in [6.45, 7) is 6.00. The summed E-state index contributed by atoms with van der Waals surface area (Å²) in [6.07, 6.45) is 2.85. The zero-order chi connectivity index (χ0) is 12.1. The lowest BCUT2D eigenvalue weighted by Crippen LogP contribution is -2.48. The van der Waals surface area contributed by atoms with Crippen LogP contribution in [0.3, 0.4) is 0 Å². The maximum Gasteiger partial charge on any atom is 0.193 e. The Labute approximate surface area is 104 Å². The van der Waals surface area contributed by atoms with Crippen LogP contribution in [0.15, 0.2) is 4.99 Å². The summed E-state index contributed by atoms with van der Waals surface area (Å²) in [4.78, 5) is 8.98. The highest BCUT2D eigenvalue weighted by atomic mass is 16.5. The Balaban J connectivity index is 1.75. The highest BCUT2D eigenvalue weighted by molar-refractivity contribution is 5.80. The Hall–Kier alpha value is -0.810. The molecule has 2 saturated heterocycles. The summed E-state index contributed by atoms with van der Waals surface area (Å²) >= 11 is 0. The van der Waals surface area contributed by atoms with Crippen LogP contribution in [0.2, 0.25) is 0 Å². The average Bonchev–Trinajstić information content (AvgIpc) is 2.84. The minimum absolute atomic E-state index is 0.285. The van der Waals surface area contributed by atoms with Crippen LogP contribution in [-0.4, -0.2) is 75.3 Å². The summed E-state index contributed by atoms with van der Waals surface area (Å²) < 4.78 is 5.73. The van der Waals surface area contributed by atoms with Crippen molar-refractivity contribution in [2.45, 2.75) is 18.9 Å². The summed E-state index contributed by atoms with van der Waals surface area (Å²) in [5, 5.41) is 3.43. The van der Waals surface area contributed by atoms with Gasteiger partial charge >= 0.3 is 0 Å². The predicted octanol–water partition coefficient (Wildman–Crippen LogP) is -0.0118. The number of aliphatic imine (C=N–C) groups is 1.